The average Bonchev–Trinajstić information content (AvgIpc) is 2.53. The van der Waals surface area contributed by atoms with Crippen molar-refractivity contribution in [2.75, 3.05) is 23.0 Å². The monoisotopic (exact) mass is 302 g/mol. The summed E-state index contributed by atoms with van der Waals surface area (Å²) in [6, 6.07) is 13.8. The Morgan fingerprint density at radius 3 is 2.95 bits per heavy atom. The van der Waals surface area contributed by atoms with Crippen LogP contribution < -0.4 is 4.90 Å². The molecular formula is C15H14N2OS2. The predicted octanol–water partition coefficient (Wildman–Crippen LogP) is 3.31. The number of carbonyl (C=O) groups is 1. The van der Waals surface area contributed by atoms with Crippen LogP contribution in [0.4, 0.5) is 5.69 Å². The molecule has 5 heteroatoms. The summed E-state index contributed by atoms with van der Waals surface area (Å²) in [5.41, 5.74) is 1.04. The molecule has 20 heavy (non-hydrogen) atoms. The molecule has 2 heterocycles. The van der Waals surface area contributed by atoms with Gasteiger partial charge in [-0.3, -0.25) is 4.79 Å². The van der Waals surface area contributed by atoms with E-state index in [0.717, 1.165) is 23.0 Å². The van der Waals surface area contributed by atoms with Crippen LogP contribution >= 0.6 is 23.5 Å². The maximum absolute atomic E-state index is 12.4. The Bertz CT molecular complexity index is 604. The minimum absolute atomic E-state index is 0.147. The Morgan fingerprint density at radius 2 is 2.10 bits per heavy atom. The second kappa shape index (κ2) is 6.33. The molecule has 3 nitrogen and oxygen atoms in total. The smallest absolute Gasteiger partial charge is 0.237 e. The van der Waals surface area contributed by atoms with Gasteiger partial charge < -0.3 is 4.90 Å². The van der Waals surface area contributed by atoms with Gasteiger partial charge in [0.25, 0.3) is 0 Å². The molecule has 0 aliphatic carbocycles. The van der Waals surface area contributed by atoms with Gasteiger partial charge in [0.15, 0.2) is 0 Å². The first-order valence-electron chi connectivity index (χ1n) is 6.40. The third-order valence-electron chi connectivity index (χ3n) is 3.01. The summed E-state index contributed by atoms with van der Waals surface area (Å²) in [5.74, 6) is 1.53. The third-order valence-corrected chi connectivity index (χ3v) is 4.98. The molecule has 0 unspecified atom stereocenters. The lowest BCUT2D eigenvalue weighted by molar-refractivity contribution is -0.116. The lowest BCUT2D eigenvalue weighted by atomic mass is 10.3. The molecule has 0 fully saturated rings. The molecule has 1 aromatic carbocycles. The van der Waals surface area contributed by atoms with Crippen LogP contribution in [0.25, 0.3) is 0 Å². The molecule has 102 valence electrons. The van der Waals surface area contributed by atoms with Gasteiger partial charge in [-0.25, -0.2) is 4.98 Å². The fourth-order valence-electron chi connectivity index (χ4n) is 2.07. The fraction of sp³-hybridized carbons (Fsp3) is 0.200. The van der Waals surface area contributed by atoms with E-state index < -0.39 is 0 Å². The van der Waals surface area contributed by atoms with Crippen LogP contribution in [-0.4, -0.2) is 28.9 Å². The molecule has 0 saturated carbocycles. The van der Waals surface area contributed by atoms with E-state index in [4.69, 9.17) is 0 Å². The summed E-state index contributed by atoms with van der Waals surface area (Å²) in [4.78, 5) is 19.7. The SMILES string of the molecule is O=C(CSc1ccccn1)N1CCSc2ccccc21. The van der Waals surface area contributed by atoms with Gasteiger partial charge in [0.05, 0.1) is 16.5 Å². The molecule has 0 atom stereocenters. The number of pyridine rings is 1. The van der Waals surface area contributed by atoms with Gasteiger partial charge in [-0.05, 0) is 24.3 Å². The normalized spacial score (nSPS) is 13.9. The second-order valence-electron chi connectivity index (χ2n) is 4.32. The number of hydrogen-bond acceptors (Lipinski definition) is 4. The highest BCUT2D eigenvalue weighted by Crippen LogP contribution is 2.34. The number of para-hydroxylation sites is 1. The Kier molecular flexibility index (Phi) is 4.28. The number of aromatic nitrogens is 1. The van der Waals surface area contributed by atoms with Crippen molar-refractivity contribution in [3.63, 3.8) is 0 Å². The van der Waals surface area contributed by atoms with Gasteiger partial charge in [0.1, 0.15) is 0 Å². The summed E-state index contributed by atoms with van der Waals surface area (Å²) in [6.45, 7) is 0.781. The van der Waals surface area contributed by atoms with E-state index in [0.29, 0.717) is 5.75 Å². The van der Waals surface area contributed by atoms with Crippen LogP contribution in [0.5, 0.6) is 0 Å². The molecule has 0 radical (unpaired) electrons. The third kappa shape index (κ3) is 2.99. The molecule has 1 aromatic heterocycles. The molecule has 1 aliphatic heterocycles. The molecule has 0 saturated heterocycles. The highest BCUT2D eigenvalue weighted by Gasteiger charge is 2.22. The summed E-state index contributed by atoms with van der Waals surface area (Å²) in [6.07, 6.45) is 1.75. The van der Waals surface area contributed by atoms with Crippen molar-refractivity contribution >= 4 is 35.1 Å². The van der Waals surface area contributed by atoms with E-state index in [9.17, 15) is 4.79 Å². The van der Waals surface area contributed by atoms with Crippen LogP contribution in [0.3, 0.4) is 0 Å². The summed E-state index contributed by atoms with van der Waals surface area (Å²) in [5, 5.41) is 0.889. The zero-order chi connectivity index (χ0) is 13.8. The molecule has 3 rings (SSSR count). The predicted molar refractivity (Wildman–Crippen MR) is 84.5 cm³/mol. The van der Waals surface area contributed by atoms with Gasteiger partial charge in [0.2, 0.25) is 5.91 Å². The minimum atomic E-state index is 0.147. The number of benzene rings is 1. The fourth-order valence-corrected chi connectivity index (χ4v) is 3.81. The topological polar surface area (TPSA) is 33.2 Å². The van der Waals surface area contributed by atoms with Crippen LogP contribution in [0.2, 0.25) is 0 Å². The largest absolute Gasteiger partial charge is 0.310 e. The molecular weight excluding hydrogens is 288 g/mol. The Morgan fingerprint density at radius 1 is 1.25 bits per heavy atom. The lowest BCUT2D eigenvalue weighted by Crippen LogP contribution is -2.36. The van der Waals surface area contributed by atoms with Gasteiger partial charge in [-0.15, -0.1) is 11.8 Å². The number of rotatable bonds is 3. The number of fused-ring (bicyclic) bond motifs is 1. The minimum Gasteiger partial charge on any atom is -0.310 e. The molecule has 1 aliphatic rings. The highest BCUT2D eigenvalue weighted by atomic mass is 32.2. The Labute approximate surface area is 126 Å². The number of nitrogens with zero attached hydrogens (tertiary/aromatic N) is 2. The van der Waals surface area contributed by atoms with Crippen molar-refractivity contribution in [3.8, 4) is 0 Å². The van der Waals surface area contributed by atoms with E-state index in [-0.39, 0.29) is 5.91 Å². The Hall–Kier alpha value is -1.46. The number of amides is 1. The molecule has 0 spiro atoms. The van der Waals surface area contributed by atoms with Crippen LogP contribution in [-0.2, 0) is 4.79 Å². The van der Waals surface area contributed by atoms with Gasteiger partial charge in [0, 0.05) is 23.4 Å². The number of hydrogen-bond donors (Lipinski definition) is 0. The van der Waals surface area contributed by atoms with Crippen molar-refractivity contribution in [1.82, 2.24) is 4.98 Å². The zero-order valence-electron chi connectivity index (χ0n) is 10.9. The van der Waals surface area contributed by atoms with E-state index >= 15 is 0 Å². The molecule has 1 amide bonds. The molecule has 0 N–H and O–H groups in total. The summed E-state index contributed by atoms with van der Waals surface area (Å²) in [7, 11) is 0. The standard InChI is InChI=1S/C15H14N2OS2/c18-15(11-20-14-7-3-4-8-16-14)17-9-10-19-13-6-2-1-5-12(13)17/h1-8H,9-11H2. The van der Waals surface area contributed by atoms with Crippen LogP contribution in [0.1, 0.15) is 0 Å². The lowest BCUT2D eigenvalue weighted by Gasteiger charge is -2.28. The number of thioether (sulfide) groups is 2. The zero-order valence-corrected chi connectivity index (χ0v) is 12.5. The Balaban J connectivity index is 1.69. The average molecular weight is 302 g/mol. The highest BCUT2D eigenvalue weighted by molar-refractivity contribution is 8.00. The first-order chi connectivity index (χ1) is 9.84. The number of anilines is 1. The van der Waals surface area contributed by atoms with Gasteiger partial charge in [-0.1, -0.05) is 30.0 Å². The van der Waals surface area contributed by atoms with E-state index in [2.05, 4.69) is 11.1 Å². The van der Waals surface area contributed by atoms with Crippen molar-refractivity contribution in [2.45, 2.75) is 9.92 Å². The first-order valence-corrected chi connectivity index (χ1v) is 8.38. The van der Waals surface area contributed by atoms with Crippen molar-refractivity contribution in [1.29, 1.82) is 0 Å². The quantitative estimate of drug-likeness (QED) is 0.815. The van der Waals surface area contributed by atoms with Gasteiger partial charge >= 0.3 is 0 Å². The second-order valence-corrected chi connectivity index (χ2v) is 6.45. The van der Waals surface area contributed by atoms with Crippen molar-refractivity contribution < 1.29 is 4.79 Å². The van der Waals surface area contributed by atoms with Crippen molar-refractivity contribution in [3.05, 3.63) is 48.7 Å². The van der Waals surface area contributed by atoms with Crippen LogP contribution in [0.15, 0.2) is 58.6 Å². The summed E-state index contributed by atoms with van der Waals surface area (Å²) >= 11 is 3.30. The van der Waals surface area contributed by atoms with Crippen LogP contribution in [0, 0.1) is 0 Å². The maximum atomic E-state index is 12.4. The molecule has 2 aromatic rings. The maximum Gasteiger partial charge on any atom is 0.237 e. The molecule has 0 bridgehead atoms. The summed E-state index contributed by atoms with van der Waals surface area (Å²) < 4.78 is 0. The van der Waals surface area contributed by atoms with E-state index in [1.165, 1.54) is 16.7 Å². The van der Waals surface area contributed by atoms with E-state index in [1.807, 2.05) is 53.1 Å². The van der Waals surface area contributed by atoms with E-state index in [1.54, 1.807) is 6.20 Å². The van der Waals surface area contributed by atoms with Gasteiger partial charge in [-0.2, -0.15) is 0 Å². The van der Waals surface area contributed by atoms with Crippen molar-refractivity contribution in [2.24, 2.45) is 0 Å². The number of carbonyl (C=O) groups excluding carboxylic acids is 1. The first kappa shape index (κ1) is 13.5.